The van der Waals surface area contributed by atoms with Crippen molar-refractivity contribution < 1.29 is 0 Å². The van der Waals surface area contributed by atoms with Crippen LogP contribution in [0.1, 0.15) is 22.4 Å². The van der Waals surface area contributed by atoms with Crippen LogP contribution in [0, 0.1) is 0 Å². The Morgan fingerprint density at radius 3 is 2.50 bits per heavy atom. The predicted molar refractivity (Wildman–Crippen MR) is 121 cm³/mol. The Morgan fingerprint density at radius 2 is 1.70 bits per heavy atom. The highest BCUT2D eigenvalue weighted by atomic mass is 35.5. The molecule has 4 nitrogen and oxygen atoms in total. The van der Waals surface area contributed by atoms with Crippen LogP contribution in [-0.4, -0.2) is 20.4 Å². The van der Waals surface area contributed by atoms with Crippen molar-refractivity contribution >= 4 is 28.8 Å². The SMILES string of the molecule is O=c1c2c(n3cccc3n1Cc1ccc(Cl)cc1)CCN(Cc1cccc(Cl)c1)C2. The summed E-state index contributed by atoms with van der Waals surface area (Å²) in [7, 11) is 0. The Morgan fingerprint density at radius 1 is 0.867 bits per heavy atom. The molecule has 6 heteroatoms. The summed E-state index contributed by atoms with van der Waals surface area (Å²) in [5.41, 5.74) is 5.22. The predicted octanol–water partition coefficient (Wildman–Crippen LogP) is 5.01. The lowest BCUT2D eigenvalue weighted by Crippen LogP contribution is -2.38. The number of nitrogens with zero attached hydrogens (tertiary/aromatic N) is 3. The molecule has 1 aliphatic heterocycles. The van der Waals surface area contributed by atoms with Crippen molar-refractivity contribution in [2.45, 2.75) is 26.1 Å². The van der Waals surface area contributed by atoms with E-state index < -0.39 is 0 Å². The van der Waals surface area contributed by atoms with Crippen LogP contribution in [-0.2, 0) is 26.1 Å². The summed E-state index contributed by atoms with van der Waals surface area (Å²) in [5, 5.41) is 1.44. The van der Waals surface area contributed by atoms with Crippen molar-refractivity contribution in [1.29, 1.82) is 0 Å². The highest BCUT2D eigenvalue weighted by Crippen LogP contribution is 2.22. The Hall–Kier alpha value is -2.53. The largest absolute Gasteiger partial charge is 0.306 e. The number of rotatable bonds is 4. The molecule has 152 valence electrons. The van der Waals surface area contributed by atoms with Crippen molar-refractivity contribution in [3.8, 4) is 0 Å². The topological polar surface area (TPSA) is 29.6 Å². The minimum Gasteiger partial charge on any atom is -0.306 e. The van der Waals surface area contributed by atoms with Gasteiger partial charge in [0.1, 0.15) is 5.65 Å². The quantitative estimate of drug-likeness (QED) is 0.448. The molecule has 0 bridgehead atoms. The number of fused-ring (bicyclic) bond motifs is 3. The van der Waals surface area contributed by atoms with E-state index in [1.54, 1.807) is 0 Å². The summed E-state index contributed by atoms with van der Waals surface area (Å²) in [5.74, 6) is 0. The van der Waals surface area contributed by atoms with Crippen LogP contribution < -0.4 is 5.56 Å². The van der Waals surface area contributed by atoms with Crippen LogP contribution in [0.2, 0.25) is 10.0 Å². The van der Waals surface area contributed by atoms with E-state index in [-0.39, 0.29) is 5.56 Å². The molecule has 0 aliphatic carbocycles. The number of benzene rings is 2. The Balaban J connectivity index is 1.51. The summed E-state index contributed by atoms with van der Waals surface area (Å²) in [6.45, 7) is 2.84. The first-order chi connectivity index (χ1) is 14.6. The standard InChI is InChI=1S/C24H21Cl2N3O/c25-19-8-6-17(7-9-19)15-29-23-5-2-11-28(23)22-10-12-27(16-21(22)24(29)30)14-18-3-1-4-20(26)13-18/h1-9,11,13H,10,12,14-16H2. The van der Waals surface area contributed by atoms with Gasteiger partial charge in [-0.1, -0.05) is 47.5 Å². The zero-order valence-corrected chi connectivity index (χ0v) is 17.9. The lowest BCUT2D eigenvalue weighted by molar-refractivity contribution is 0.240. The van der Waals surface area contributed by atoms with Gasteiger partial charge in [-0.15, -0.1) is 0 Å². The molecule has 30 heavy (non-hydrogen) atoms. The third-order valence-corrected chi connectivity index (χ3v) is 6.23. The van der Waals surface area contributed by atoms with Crippen molar-refractivity contribution in [1.82, 2.24) is 13.9 Å². The lowest BCUT2D eigenvalue weighted by Gasteiger charge is -2.30. The fourth-order valence-electron chi connectivity index (χ4n) is 4.31. The van der Waals surface area contributed by atoms with Crippen LogP contribution in [0.5, 0.6) is 0 Å². The van der Waals surface area contributed by atoms with Gasteiger partial charge in [-0.25, -0.2) is 0 Å². The summed E-state index contributed by atoms with van der Waals surface area (Å²) in [4.78, 5) is 15.8. The maximum atomic E-state index is 13.5. The van der Waals surface area contributed by atoms with Crippen LogP contribution in [0.15, 0.2) is 71.7 Å². The van der Waals surface area contributed by atoms with E-state index >= 15 is 0 Å². The molecule has 5 rings (SSSR count). The molecule has 1 aliphatic rings. The van der Waals surface area contributed by atoms with Crippen LogP contribution in [0.3, 0.4) is 0 Å². The Kier molecular flexibility index (Phi) is 5.15. The van der Waals surface area contributed by atoms with Gasteiger partial charge >= 0.3 is 0 Å². The molecule has 4 aromatic rings. The third-order valence-electron chi connectivity index (χ3n) is 5.74. The van der Waals surface area contributed by atoms with Crippen molar-refractivity contribution in [2.75, 3.05) is 6.54 Å². The smallest absolute Gasteiger partial charge is 0.258 e. The molecule has 3 heterocycles. The van der Waals surface area contributed by atoms with E-state index in [2.05, 4.69) is 21.6 Å². The van der Waals surface area contributed by atoms with E-state index in [1.165, 1.54) is 0 Å². The first-order valence-electron chi connectivity index (χ1n) is 10.0. The molecule has 0 amide bonds. The molecule has 0 saturated heterocycles. The van der Waals surface area contributed by atoms with E-state index in [1.807, 2.05) is 59.2 Å². The molecule has 0 N–H and O–H groups in total. The summed E-state index contributed by atoms with van der Waals surface area (Å²) in [6, 6.07) is 19.6. The second kappa shape index (κ2) is 7.95. The Bertz CT molecular complexity index is 1270. The molecule has 0 spiro atoms. The van der Waals surface area contributed by atoms with Gasteiger partial charge in [0.15, 0.2) is 0 Å². The maximum absolute atomic E-state index is 13.5. The fourth-order valence-corrected chi connectivity index (χ4v) is 4.65. The van der Waals surface area contributed by atoms with Gasteiger partial charge in [-0.05, 0) is 47.5 Å². The number of hydrogen-bond acceptors (Lipinski definition) is 2. The first-order valence-corrected chi connectivity index (χ1v) is 10.8. The number of halogens is 2. The summed E-state index contributed by atoms with van der Waals surface area (Å²) < 4.78 is 4.04. The second-order valence-corrected chi connectivity index (χ2v) is 8.64. The molecule has 0 unspecified atom stereocenters. The summed E-state index contributed by atoms with van der Waals surface area (Å²) >= 11 is 12.2. The van der Waals surface area contributed by atoms with Gasteiger partial charge in [0.25, 0.3) is 5.56 Å². The molecular formula is C24H21Cl2N3O. The molecule has 0 saturated carbocycles. The fraction of sp³-hybridized carbons (Fsp3) is 0.208. The highest BCUT2D eigenvalue weighted by molar-refractivity contribution is 6.30. The van der Waals surface area contributed by atoms with Crippen molar-refractivity contribution in [3.05, 3.63) is 110 Å². The minimum atomic E-state index is 0.0851. The van der Waals surface area contributed by atoms with Gasteiger partial charge in [0, 0.05) is 48.0 Å². The van der Waals surface area contributed by atoms with Crippen molar-refractivity contribution in [2.24, 2.45) is 0 Å². The van der Waals surface area contributed by atoms with Crippen molar-refractivity contribution in [3.63, 3.8) is 0 Å². The van der Waals surface area contributed by atoms with Crippen LogP contribution in [0.4, 0.5) is 0 Å². The monoisotopic (exact) mass is 437 g/mol. The first kappa shape index (κ1) is 19.4. The summed E-state index contributed by atoms with van der Waals surface area (Å²) in [6.07, 6.45) is 2.90. The maximum Gasteiger partial charge on any atom is 0.258 e. The molecule has 2 aromatic carbocycles. The van der Waals surface area contributed by atoms with Gasteiger partial charge in [-0.3, -0.25) is 14.3 Å². The third kappa shape index (κ3) is 3.67. The molecule has 0 atom stereocenters. The van der Waals surface area contributed by atoms with Gasteiger partial charge < -0.3 is 4.40 Å². The zero-order chi connectivity index (χ0) is 20.7. The molecule has 0 radical (unpaired) electrons. The highest BCUT2D eigenvalue weighted by Gasteiger charge is 2.24. The molecular weight excluding hydrogens is 417 g/mol. The second-order valence-electron chi connectivity index (χ2n) is 7.77. The van der Waals surface area contributed by atoms with Gasteiger partial charge in [0.2, 0.25) is 0 Å². The lowest BCUT2D eigenvalue weighted by atomic mass is 10.1. The minimum absolute atomic E-state index is 0.0851. The number of aromatic nitrogens is 2. The van der Waals surface area contributed by atoms with E-state index in [9.17, 15) is 4.79 Å². The van der Waals surface area contributed by atoms with E-state index in [4.69, 9.17) is 23.2 Å². The average molecular weight is 438 g/mol. The van der Waals surface area contributed by atoms with Crippen LogP contribution in [0.25, 0.3) is 5.65 Å². The molecule has 2 aromatic heterocycles. The van der Waals surface area contributed by atoms with E-state index in [0.29, 0.717) is 18.1 Å². The molecule has 0 fully saturated rings. The zero-order valence-electron chi connectivity index (χ0n) is 16.4. The van der Waals surface area contributed by atoms with E-state index in [0.717, 1.165) is 52.6 Å². The number of hydrogen-bond donors (Lipinski definition) is 0. The average Bonchev–Trinajstić information content (AvgIpc) is 3.22. The van der Waals surface area contributed by atoms with Gasteiger partial charge in [-0.2, -0.15) is 0 Å². The Labute approximate surface area is 184 Å². The van der Waals surface area contributed by atoms with Gasteiger partial charge in [0.05, 0.1) is 12.1 Å². The van der Waals surface area contributed by atoms with Crippen LogP contribution >= 0.6 is 23.2 Å². The normalized spacial score (nSPS) is 14.2.